The van der Waals surface area contributed by atoms with E-state index in [9.17, 15) is 0 Å². The van der Waals surface area contributed by atoms with Crippen LogP contribution in [0.25, 0.3) is 11.0 Å². The van der Waals surface area contributed by atoms with Gasteiger partial charge in [-0.25, -0.2) is 0 Å². The first-order valence-corrected chi connectivity index (χ1v) is 6.66. The summed E-state index contributed by atoms with van der Waals surface area (Å²) >= 11 is 0. The summed E-state index contributed by atoms with van der Waals surface area (Å²) in [6.45, 7) is 2.97. The third-order valence-electron chi connectivity index (χ3n) is 3.29. The van der Waals surface area contributed by atoms with Crippen LogP contribution in [0, 0.1) is 6.92 Å². The lowest BCUT2D eigenvalue weighted by Gasteiger charge is -2.04. The van der Waals surface area contributed by atoms with Crippen molar-refractivity contribution in [2.75, 3.05) is 0 Å². The number of ether oxygens (including phenoxy) is 1. The van der Waals surface area contributed by atoms with Crippen LogP contribution < -0.4 is 10.5 Å². The molecule has 0 aliphatic rings. The van der Waals surface area contributed by atoms with E-state index in [1.165, 1.54) is 5.56 Å². The van der Waals surface area contributed by atoms with Crippen LogP contribution in [0.4, 0.5) is 0 Å². The maximum atomic E-state index is 5.78. The zero-order valence-electron chi connectivity index (χ0n) is 11.4. The Labute approximate surface area is 118 Å². The molecule has 0 amide bonds. The van der Waals surface area contributed by atoms with Gasteiger partial charge in [0.05, 0.1) is 0 Å². The van der Waals surface area contributed by atoms with Crippen molar-refractivity contribution in [1.29, 1.82) is 0 Å². The molecule has 0 bridgehead atoms. The van der Waals surface area contributed by atoms with Crippen molar-refractivity contribution in [3.05, 3.63) is 65.4 Å². The van der Waals surface area contributed by atoms with Crippen LogP contribution >= 0.6 is 0 Å². The molecule has 102 valence electrons. The van der Waals surface area contributed by atoms with Crippen LogP contribution in [-0.2, 0) is 13.2 Å². The minimum absolute atomic E-state index is 0.419. The smallest absolute Gasteiger partial charge is 0.146 e. The predicted molar refractivity (Wildman–Crippen MR) is 79.6 cm³/mol. The molecule has 3 heteroatoms. The van der Waals surface area contributed by atoms with Gasteiger partial charge in [-0.3, -0.25) is 0 Å². The maximum absolute atomic E-state index is 5.78. The average molecular weight is 267 g/mol. The Kier molecular flexibility index (Phi) is 3.44. The number of benzene rings is 2. The van der Waals surface area contributed by atoms with Crippen LogP contribution in [0.5, 0.6) is 5.75 Å². The maximum Gasteiger partial charge on any atom is 0.146 e. The van der Waals surface area contributed by atoms with E-state index >= 15 is 0 Å². The summed E-state index contributed by atoms with van der Waals surface area (Å²) in [5.74, 6) is 1.66. The highest BCUT2D eigenvalue weighted by molar-refractivity contribution is 5.81. The van der Waals surface area contributed by atoms with Gasteiger partial charge >= 0.3 is 0 Å². The summed E-state index contributed by atoms with van der Waals surface area (Å²) in [5, 5.41) is 1.07. The van der Waals surface area contributed by atoms with Crippen LogP contribution in [0.3, 0.4) is 0 Å². The molecular weight excluding hydrogens is 250 g/mol. The number of fused-ring (bicyclic) bond motifs is 1. The Balaban J connectivity index is 1.81. The van der Waals surface area contributed by atoms with Gasteiger partial charge in [-0.2, -0.15) is 0 Å². The fourth-order valence-electron chi connectivity index (χ4n) is 2.28. The molecule has 3 nitrogen and oxygen atoms in total. The quantitative estimate of drug-likeness (QED) is 0.782. The summed E-state index contributed by atoms with van der Waals surface area (Å²) < 4.78 is 11.5. The summed E-state index contributed by atoms with van der Waals surface area (Å²) in [6, 6.07) is 15.9. The Hall–Kier alpha value is -2.26. The summed E-state index contributed by atoms with van der Waals surface area (Å²) in [5.41, 5.74) is 8.86. The zero-order chi connectivity index (χ0) is 13.9. The molecule has 0 saturated heterocycles. The molecule has 3 rings (SSSR count). The molecule has 1 aromatic heterocycles. The first-order chi connectivity index (χ1) is 9.76. The molecule has 0 radical (unpaired) electrons. The molecule has 0 aliphatic carbocycles. The zero-order valence-corrected chi connectivity index (χ0v) is 11.4. The van der Waals surface area contributed by atoms with Gasteiger partial charge in [-0.1, -0.05) is 24.3 Å². The number of hydrogen-bond donors (Lipinski definition) is 1. The topological polar surface area (TPSA) is 48.4 Å². The second-order valence-electron chi connectivity index (χ2n) is 4.85. The van der Waals surface area contributed by atoms with Crippen molar-refractivity contribution in [2.24, 2.45) is 5.73 Å². The number of furan rings is 1. The van der Waals surface area contributed by atoms with Gasteiger partial charge < -0.3 is 14.9 Å². The Morgan fingerprint density at radius 1 is 1.10 bits per heavy atom. The van der Waals surface area contributed by atoms with Gasteiger partial charge in [0, 0.05) is 11.9 Å². The molecule has 2 aromatic carbocycles. The van der Waals surface area contributed by atoms with Gasteiger partial charge in [0.1, 0.15) is 23.7 Å². The molecule has 0 saturated carbocycles. The molecule has 2 N–H and O–H groups in total. The van der Waals surface area contributed by atoms with Crippen molar-refractivity contribution >= 4 is 11.0 Å². The summed E-state index contributed by atoms with van der Waals surface area (Å²) in [7, 11) is 0. The van der Waals surface area contributed by atoms with E-state index in [0.29, 0.717) is 13.2 Å². The minimum Gasteiger partial charge on any atom is -0.486 e. The highest BCUT2D eigenvalue weighted by Gasteiger charge is 2.07. The largest absolute Gasteiger partial charge is 0.486 e. The van der Waals surface area contributed by atoms with Gasteiger partial charge in [0.15, 0.2) is 0 Å². The number of aryl methyl sites for hydroxylation is 1. The lowest BCUT2D eigenvalue weighted by atomic mass is 10.1. The third kappa shape index (κ3) is 2.53. The van der Waals surface area contributed by atoms with E-state index in [1.807, 2.05) is 55.5 Å². The molecule has 1 heterocycles. The van der Waals surface area contributed by atoms with Crippen LogP contribution in [-0.4, -0.2) is 0 Å². The van der Waals surface area contributed by atoms with E-state index in [-0.39, 0.29) is 0 Å². The normalized spacial score (nSPS) is 10.9. The van der Waals surface area contributed by atoms with E-state index < -0.39 is 0 Å². The summed E-state index contributed by atoms with van der Waals surface area (Å²) in [6.07, 6.45) is 0. The molecule has 0 aliphatic heterocycles. The minimum atomic E-state index is 0.419. The summed E-state index contributed by atoms with van der Waals surface area (Å²) in [4.78, 5) is 0. The van der Waals surface area contributed by atoms with Crippen LogP contribution in [0.15, 0.2) is 52.9 Å². The highest BCUT2D eigenvalue weighted by Crippen LogP contribution is 2.24. The predicted octanol–water partition coefficient (Wildman–Crippen LogP) is 3.78. The fourth-order valence-corrected chi connectivity index (χ4v) is 2.28. The van der Waals surface area contributed by atoms with Crippen LogP contribution in [0.1, 0.15) is 16.9 Å². The molecule has 0 unspecified atom stereocenters. The highest BCUT2D eigenvalue weighted by atomic mass is 16.5. The first kappa shape index (κ1) is 12.8. The molecule has 0 spiro atoms. The van der Waals surface area contributed by atoms with Gasteiger partial charge in [0.25, 0.3) is 0 Å². The Bertz CT molecular complexity index is 731. The van der Waals surface area contributed by atoms with E-state index in [0.717, 1.165) is 28.0 Å². The van der Waals surface area contributed by atoms with Gasteiger partial charge in [-0.15, -0.1) is 0 Å². The van der Waals surface area contributed by atoms with Gasteiger partial charge in [-0.05, 0) is 42.3 Å². The molecule has 0 fully saturated rings. The second kappa shape index (κ2) is 5.39. The SMILES string of the molecule is Cc1cccc(OCc2cc3c(CN)cccc3o2)c1. The van der Waals surface area contributed by atoms with E-state index in [2.05, 4.69) is 0 Å². The second-order valence-corrected chi connectivity index (χ2v) is 4.85. The Morgan fingerprint density at radius 2 is 1.95 bits per heavy atom. The molecular formula is C17H17NO2. The monoisotopic (exact) mass is 267 g/mol. The first-order valence-electron chi connectivity index (χ1n) is 6.66. The molecule has 3 aromatic rings. The lowest BCUT2D eigenvalue weighted by molar-refractivity contribution is 0.274. The number of rotatable bonds is 4. The fraction of sp³-hybridized carbons (Fsp3) is 0.176. The Morgan fingerprint density at radius 3 is 2.75 bits per heavy atom. The standard InChI is InChI=1S/C17H17NO2/c1-12-4-2-6-14(8-12)19-11-15-9-16-13(10-18)5-3-7-17(16)20-15/h2-9H,10-11,18H2,1H3. The molecule has 0 atom stereocenters. The molecule has 20 heavy (non-hydrogen) atoms. The van der Waals surface area contributed by atoms with E-state index in [1.54, 1.807) is 0 Å². The lowest BCUT2D eigenvalue weighted by Crippen LogP contribution is -1.95. The third-order valence-corrected chi connectivity index (χ3v) is 3.29. The van der Waals surface area contributed by atoms with Crippen molar-refractivity contribution in [3.63, 3.8) is 0 Å². The number of nitrogens with two attached hydrogens (primary N) is 1. The van der Waals surface area contributed by atoms with Crippen molar-refractivity contribution in [3.8, 4) is 5.75 Å². The van der Waals surface area contributed by atoms with Crippen molar-refractivity contribution < 1.29 is 9.15 Å². The van der Waals surface area contributed by atoms with Gasteiger partial charge in [0.2, 0.25) is 0 Å². The van der Waals surface area contributed by atoms with Crippen LogP contribution in [0.2, 0.25) is 0 Å². The van der Waals surface area contributed by atoms with E-state index in [4.69, 9.17) is 14.9 Å². The average Bonchev–Trinajstić information content (AvgIpc) is 2.88. The number of hydrogen-bond acceptors (Lipinski definition) is 3. The van der Waals surface area contributed by atoms with Crippen molar-refractivity contribution in [1.82, 2.24) is 0 Å². The van der Waals surface area contributed by atoms with Crippen molar-refractivity contribution in [2.45, 2.75) is 20.1 Å².